The number of amides is 3. The Labute approximate surface area is 227 Å². The van der Waals surface area contributed by atoms with E-state index in [1.807, 2.05) is 6.07 Å². The summed E-state index contributed by atoms with van der Waals surface area (Å²) in [7, 11) is 0. The first kappa shape index (κ1) is 31.9. The summed E-state index contributed by atoms with van der Waals surface area (Å²) in [5.41, 5.74) is 0.770. The molecule has 0 saturated carbocycles. The number of aliphatic hydroxyl groups is 1. The monoisotopic (exact) mass is 555 g/mol. The van der Waals surface area contributed by atoms with Crippen LogP contribution in [-0.2, 0) is 30.5 Å². The van der Waals surface area contributed by atoms with E-state index in [-0.39, 0.29) is 32.1 Å². The lowest BCUT2D eigenvalue weighted by Crippen LogP contribution is -2.60. The van der Waals surface area contributed by atoms with Crippen molar-refractivity contribution in [3.05, 3.63) is 35.9 Å². The molecular weight excluding hydrogens is 516 g/mol. The van der Waals surface area contributed by atoms with Crippen molar-refractivity contribution < 1.29 is 42.5 Å². The molecule has 39 heavy (non-hydrogen) atoms. The quantitative estimate of drug-likeness (QED) is 0.338. The van der Waals surface area contributed by atoms with Crippen molar-refractivity contribution in [1.29, 1.82) is 0 Å². The van der Waals surface area contributed by atoms with E-state index in [0.29, 0.717) is 6.42 Å². The topological polar surface area (TPSA) is 134 Å². The summed E-state index contributed by atoms with van der Waals surface area (Å²) in [6.07, 6.45) is -2.61. The van der Waals surface area contributed by atoms with Gasteiger partial charge < -0.3 is 30.1 Å². The summed E-state index contributed by atoms with van der Waals surface area (Å²) in [5, 5.41) is 15.3. The Bertz CT molecular complexity index is 991. The van der Waals surface area contributed by atoms with Gasteiger partial charge >= 0.3 is 18.0 Å². The number of esters is 1. The maximum absolute atomic E-state index is 14.5. The number of nitrogens with one attached hydrogen (secondary N) is 2. The van der Waals surface area contributed by atoms with Crippen molar-refractivity contribution in [1.82, 2.24) is 15.5 Å². The number of alkyl halides is 2. The summed E-state index contributed by atoms with van der Waals surface area (Å²) in [6, 6.07) is 5.50. The van der Waals surface area contributed by atoms with Crippen LogP contribution in [0.1, 0.15) is 53.0 Å². The molecule has 3 amide bonds. The van der Waals surface area contributed by atoms with Gasteiger partial charge in [0.25, 0.3) is 0 Å². The first-order valence-corrected chi connectivity index (χ1v) is 13.1. The molecule has 4 unspecified atom stereocenters. The highest BCUT2D eigenvalue weighted by atomic mass is 19.3. The van der Waals surface area contributed by atoms with Gasteiger partial charge in [-0.2, -0.15) is 8.78 Å². The van der Waals surface area contributed by atoms with Crippen molar-refractivity contribution in [2.24, 2.45) is 11.8 Å². The predicted molar refractivity (Wildman–Crippen MR) is 137 cm³/mol. The van der Waals surface area contributed by atoms with Crippen LogP contribution in [0.2, 0.25) is 0 Å². The second kappa shape index (κ2) is 14.2. The maximum atomic E-state index is 14.5. The van der Waals surface area contributed by atoms with Crippen LogP contribution in [0.5, 0.6) is 0 Å². The molecule has 12 heteroatoms. The van der Waals surface area contributed by atoms with Gasteiger partial charge in [0.05, 0.1) is 12.6 Å². The number of nitrogens with zero attached hydrogens (tertiary/aromatic N) is 1. The van der Waals surface area contributed by atoms with Gasteiger partial charge in [-0.3, -0.25) is 9.59 Å². The minimum absolute atomic E-state index is 0.00970. The van der Waals surface area contributed by atoms with Crippen LogP contribution in [0, 0.1) is 11.8 Å². The molecule has 2 rings (SSSR count). The molecule has 1 aromatic carbocycles. The van der Waals surface area contributed by atoms with Crippen molar-refractivity contribution in [3.8, 4) is 0 Å². The molecule has 1 fully saturated rings. The zero-order valence-electron chi connectivity index (χ0n) is 23.0. The lowest BCUT2D eigenvalue weighted by Gasteiger charge is -2.34. The van der Waals surface area contributed by atoms with Crippen molar-refractivity contribution in [2.45, 2.75) is 84.2 Å². The Morgan fingerprint density at radius 1 is 1.05 bits per heavy atom. The van der Waals surface area contributed by atoms with Gasteiger partial charge in [-0.05, 0) is 37.2 Å². The SMILES string of the molecule is CCOC(=O)C(F)(F)C(O)C(NC(=O)C1CCCN1C(=O)C(NC(=O)OCc1ccccc1)C(C)C)C(C)C. The Morgan fingerprint density at radius 2 is 1.69 bits per heavy atom. The molecule has 218 valence electrons. The third-order valence-electron chi connectivity index (χ3n) is 6.54. The molecule has 0 aromatic heterocycles. The van der Waals surface area contributed by atoms with Crippen LogP contribution in [-0.4, -0.2) is 77.2 Å². The lowest BCUT2D eigenvalue weighted by atomic mass is 9.93. The van der Waals surface area contributed by atoms with Crippen LogP contribution in [0.3, 0.4) is 0 Å². The Hall–Kier alpha value is -3.28. The number of carbonyl (C=O) groups is 4. The zero-order chi connectivity index (χ0) is 29.3. The van der Waals surface area contributed by atoms with Gasteiger partial charge in [-0.25, -0.2) is 9.59 Å². The number of carbonyl (C=O) groups excluding carboxylic acids is 4. The van der Waals surface area contributed by atoms with Crippen LogP contribution in [0.15, 0.2) is 30.3 Å². The summed E-state index contributed by atoms with van der Waals surface area (Å²) < 4.78 is 38.7. The van der Waals surface area contributed by atoms with Gasteiger partial charge in [0, 0.05) is 6.54 Å². The van der Waals surface area contributed by atoms with Crippen LogP contribution >= 0.6 is 0 Å². The molecule has 0 bridgehead atoms. The molecule has 1 aliphatic heterocycles. The lowest BCUT2D eigenvalue weighted by molar-refractivity contribution is -0.192. The fourth-order valence-electron chi connectivity index (χ4n) is 4.33. The van der Waals surface area contributed by atoms with E-state index in [2.05, 4.69) is 15.4 Å². The van der Waals surface area contributed by atoms with E-state index < -0.39 is 59.9 Å². The summed E-state index contributed by atoms with van der Waals surface area (Å²) in [5.74, 6) is -8.43. The van der Waals surface area contributed by atoms with Gasteiger partial charge in [-0.15, -0.1) is 0 Å². The predicted octanol–water partition coefficient (Wildman–Crippen LogP) is 2.63. The van der Waals surface area contributed by atoms with E-state index in [0.717, 1.165) is 5.56 Å². The van der Waals surface area contributed by atoms with Crippen molar-refractivity contribution in [3.63, 3.8) is 0 Å². The first-order valence-electron chi connectivity index (χ1n) is 13.1. The maximum Gasteiger partial charge on any atom is 0.408 e. The van der Waals surface area contributed by atoms with E-state index in [9.17, 15) is 33.1 Å². The smallest absolute Gasteiger partial charge is 0.408 e. The third kappa shape index (κ3) is 8.35. The number of hydrogen-bond acceptors (Lipinski definition) is 7. The molecule has 0 aliphatic carbocycles. The van der Waals surface area contributed by atoms with E-state index in [1.165, 1.54) is 25.7 Å². The number of ether oxygens (including phenoxy) is 2. The molecule has 1 saturated heterocycles. The Morgan fingerprint density at radius 3 is 2.26 bits per heavy atom. The second-order valence-corrected chi connectivity index (χ2v) is 10.2. The molecule has 0 spiro atoms. The van der Waals surface area contributed by atoms with E-state index in [4.69, 9.17) is 4.74 Å². The average molecular weight is 556 g/mol. The highest BCUT2D eigenvalue weighted by Crippen LogP contribution is 2.27. The van der Waals surface area contributed by atoms with Gasteiger partial charge in [0.2, 0.25) is 11.8 Å². The van der Waals surface area contributed by atoms with Crippen molar-refractivity contribution in [2.75, 3.05) is 13.2 Å². The third-order valence-corrected chi connectivity index (χ3v) is 6.54. The van der Waals surface area contributed by atoms with E-state index in [1.54, 1.807) is 38.1 Å². The van der Waals surface area contributed by atoms with E-state index >= 15 is 0 Å². The number of alkyl carbamates (subject to hydrolysis) is 1. The largest absolute Gasteiger partial charge is 0.461 e. The second-order valence-electron chi connectivity index (χ2n) is 10.2. The number of rotatable bonds is 12. The van der Waals surface area contributed by atoms with Gasteiger partial charge in [-0.1, -0.05) is 58.0 Å². The van der Waals surface area contributed by atoms with Crippen LogP contribution in [0.25, 0.3) is 0 Å². The fourth-order valence-corrected chi connectivity index (χ4v) is 4.33. The molecule has 1 aliphatic rings. The molecule has 1 heterocycles. The highest BCUT2D eigenvalue weighted by molar-refractivity contribution is 5.92. The summed E-state index contributed by atoms with van der Waals surface area (Å²) in [4.78, 5) is 52.1. The molecule has 4 atom stereocenters. The molecule has 1 aromatic rings. The van der Waals surface area contributed by atoms with Crippen LogP contribution < -0.4 is 10.6 Å². The Kier molecular flexibility index (Phi) is 11.6. The number of halogens is 2. The number of likely N-dealkylation sites (tertiary alicyclic amines) is 1. The number of hydrogen-bond donors (Lipinski definition) is 3. The standard InChI is InChI=1S/C27H39F2N3O7/c1-6-38-25(36)27(28,29)22(33)20(16(2)3)30-23(34)19-13-10-14-32(19)24(35)21(17(4)5)31-26(37)39-15-18-11-8-7-9-12-18/h7-9,11-12,16-17,19-22,33H,6,10,13-15H2,1-5H3,(H,30,34)(H,31,37). The number of benzene rings is 1. The summed E-state index contributed by atoms with van der Waals surface area (Å²) in [6.45, 7) is 7.76. The first-order chi connectivity index (χ1) is 18.3. The summed E-state index contributed by atoms with van der Waals surface area (Å²) >= 11 is 0. The fraction of sp³-hybridized carbons (Fsp3) is 0.630. The van der Waals surface area contributed by atoms with Gasteiger partial charge in [0.15, 0.2) is 0 Å². The molecule has 3 N–H and O–H groups in total. The zero-order valence-corrected chi connectivity index (χ0v) is 23.0. The average Bonchev–Trinajstić information content (AvgIpc) is 3.39. The normalized spacial score (nSPS) is 17.9. The number of aliphatic hydroxyl groups excluding tert-OH is 1. The highest BCUT2D eigenvalue weighted by Gasteiger charge is 2.53. The molecular formula is C27H39F2N3O7. The minimum atomic E-state index is -4.25. The Balaban J connectivity index is 2.11. The molecule has 10 nitrogen and oxygen atoms in total. The van der Waals surface area contributed by atoms with Gasteiger partial charge in [0.1, 0.15) is 24.8 Å². The minimum Gasteiger partial charge on any atom is -0.461 e. The van der Waals surface area contributed by atoms with Crippen molar-refractivity contribution >= 4 is 23.9 Å². The van der Waals surface area contributed by atoms with Crippen LogP contribution in [0.4, 0.5) is 13.6 Å². The molecule has 0 radical (unpaired) electrons.